The van der Waals surface area contributed by atoms with Crippen molar-refractivity contribution in [2.24, 2.45) is 0 Å². The molecule has 4 rings (SSSR count). The quantitative estimate of drug-likeness (QED) is 0.527. The van der Waals surface area contributed by atoms with Gasteiger partial charge in [-0.3, -0.25) is 9.59 Å². The first-order chi connectivity index (χ1) is 16.4. The largest absolute Gasteiger partial charge is 0.482 e. The van der Waals surface area contributed by atoms with Crippen LogP contribution >= 0.6 is 23.2 Å². The Hall–Kier alpha value is -3.14. The van der Waals surface area contributed by atoms with Crippen LogP contribution in [0.15, 0.2) is 42.7 Å². The van der Waals surface area contributed by atoms with Crippen molar-refractivity contribution < 1.29 is 19.1 Å². The van der Waals surface area contributed by atoms with E-state index in [4.69, 9.17) is 38.4 Å². The van der Waals surface area contributed by atoms with Gasteiger partial charge in [-0.2, -0.15) is 0 Å². The van der Waals surface area contributed by atoms with Crippen molar-refractivity contribution in [3.05, 3.63) is 58.3 Å². The molecule has 1 aliphatic heterocycles. The molecule has 1 fully saturated rings. The minimum Gasteiger partial charge on any atom is -0.482 e. The number of rotatable bonds is 7. The van der Waals surface area contributed by atoms with Crippen molar-refractivity contribution in [2.45, 2.75) is 12.6 Å². The fraction of sp³-hybridized carbons (Fsp3) is 0.304. The molecule has 2 heterocycles. The third-order valence-electron chi connectivity index (χ3n) is 5.58. The van der Waals surface area contributed by atoms with Crippen molar-refractivity contribution in [1.82, 2.24) is 19.8 Å². The number of hydrogen-bond donors (Lipinski definition) is 1. The van der Waals surface area contributed by atoms with Crippen LogP contribution in [-0.2, 0) is 20.9 Å². The molecule has 9 nitrogen and oxygen atoms in total. The van der Waals surface area contributed by atoms with Crippen LogP contribution in [0.25, 0.3) is 10.9 Å². The summed E-state index contributed by atoms with van der Waals surface area (Å²) in [6.45, 7) is 0.901. The standard InChI is InChI=1S/C23H23Cl2N5O4/c1-33-11-19-23(32)29(10-14-2-4-16-18(8-14)27-13-28-22(16)26)6-7-30(19)21(31)12-34-20-5-3-15(24)9-17(20)25/h2-5,8-9,13,19H,6-7,10-12H2,1H3,(H2,26,27,28)/t19-/m0/s1. The first kappa shape index (κ1) is 24.0. The van der Waals surface area contributed by atoms with Crippen LogP contribution in [-0.4, -0.2) is 71.0 Å². The monoisotopic (exact) mass is 503 g/mol. The number of ether oxygens (including phenoxy) is 2. The average molecular weight is 504 g/mol. The summed E-state index contributed by atoms with van der Waals surface area (Å²) < 4.78 is 10.8. The molecule has 11 heteroatoms. The van der Waals surface area contributed by atoms with Crippen LogP contribution in [0.2, 0.25) is 10.0 Å². The van der Waals surface area contributed by atoms with Gasteiger partial charge in [0.05, 0.1) is 17.1 Å². The molecule has 0 bridgehead atoms. The maximum absolute atomic E-state index is 13.2. The lowest BCUT2D eigenvalue weighted by Gasteiger charge is -2.40. The van der Waals surface area contributed by atoms with E-state index in [2.05, 4.69) is 9.97 Å². The zero-order chi connectivity index (χ0) is 24.2. The number of nitrogen functional groups attached to an aromatic ring is 1. The summed E-state index contributed by atoms with van der Waals surface area (Å²) in [5, 5.41) is 1.52. The number of nitrogens with zero attached hydrogens (tertiary/aromatic N) is 4. The van der Waals surface area contributed by atoms with Gasteiger partial charge in [-0.25, -0.2) is 9.97 Å². The van der Waals surface area contributed by atoms with Gasteiger partial charge in [0.15, 0.2) is 6.61 Å². The zero-order valence-corrected chi connectivity index (χ0v) is 19.9. The van der Waals surface area contributed by atoms with Crippen LogP contribution in [0.3, 0.4) is 0 Å². The van der Waals surface area contributed by atoms with E-state index < -0.39 is 6.04 Å². The normalized spacial score (nSPS) is 16.2. The number of amides is 2. The number of nitrogens with two attached hydrogens (primary N) is 1. The molecular formula is C23H23Cl2N5O4. The molecule has 1 saturated heterocycles. The molecule has 178 valence electrons. The molecule has 34 heavy (non-hydrogen) atoms. The van der Waals surface area contributed by atoms with Gasteiger partial charge in [-0.05, 0) is 35.9 Å². The Morgan fingerprint density at radius 3 is 2.76 bits per heavy atom. The highest BCUT2D eigenvalue weighted by Gasteiger charge is 2.37. The Kier molecular flexibility index (Phi) is 7.35. The minimum absolute atomic E-state index is 0.0737. The Bertz CT molecular complexity index is 1230. The van der Waals surface area contributed by atoms with Crippen LogP contribution in [0.1, 0.15) is 5.56 Å². The molecule has 2 amide bonds. The van der Waals surface area contributed by atoms with Gasteiger partial charge >= 0.3 is 0 Å². The van der Waals surface area contributed by atoms with E-state index in [1.165, 1.54) is 24.4 Å². The Morgan fingerprint density at radius 1 is 1.18 bits per heavy atom. The van der Waals surface area contributed by atoms with Gasteiger partial charge in [-0.1, -0.05) is 29.3 Å². The van der Waals surface area contributed by atoms with Gasteiger partial charge in [0.25, 0.3) is 5.91 Å². The Morgan fingerprint density at radius 2 is 2.00 bits per heavy atom. The third kappa shape index (κ3) is 5.16. The molecule has 0 saturated carbocycles. The predicted molar refractivity (Wildman–Crippen MR) is 129 cm³/mol. The summed E-state index contributed by atoms with van der Waals surface area (Å²) >= 11 is 12.0. The number of methoxy groups -OCH3 is 1. The lowest BCUT2D eigenvalue weighted by atomic mass is 10.1. The molecule has 1 aliphatic rings. The molecule has 2 N–H and O–H groups in total. The molecule has 0 radical (unpaired) electrons. The maximum atomic E-state index is 13.2. The topological polar surface area (TPSA) is 111 Å². The summed E-state index contributed by atoms with van der Waals surface area (Å²) in [7, 11) is 1.49. The van der Waals surface area contributed by atoms with Crippen molar-refractivity contribution in [3.8, 4) is 5.75 Å². The third-order valence-corrected chi connectivity index (χ3v) is 6.11. The lowest BCUT2D eigenvalue weighted by Crippen LogP contribution is -2.60. The number of carbonyl (C=O) groups excluding carboxylic acids is 2. The van der Waals surface area contributed by atoms with Crippen LogP contribution in [0, 0.1) is 0 Å². The maximum Gasteiger partial charge on any atom is 0.261 e. The second-order valence-corrected chi connectivity index (χ2v) is 8.64. The fourth-order valence-corrected chi connectivity index (χ4v) is 4.33. The van der Waals surface area contributed by atoms with E-state index in [9.17, 15) is 9.59 Å². The zero-order valence-electron chi connectivity index (χ0n) is 18.4. The first-order valence-corrected chi connectivity index (χ1v) is 11.3. The second kappa shape index (κ2) is 10.4. The van der Waals surface area contributed by atoms with Crippen molar-refractivity contribution in [1.29, 1.82) is 0 Å². The van der Waals surface area contributed by atoms with Crippen LogP contribution < -0.4 is 10.5 Å². The van der Waals surface area contributed by atoms with E-state index in [0.29, 0.717) is 46.8 Å². The van der Waals surface area contributed by atoms with E-state index in [-0.39, 0.29) is 25.0 Å². The molecule has 1 aromatic heterocycles. The lowest BCUT2D eigenvalue weighted by molar-refractivity contribution is -0.155. The fourth-order valence-electron chi connectivity index (χ4n) is 3.87. The number of anilines is 1. The van der Waals surface area contributed by atoms with E-state index in [1.807, 2.05) is 18.2 Å². The molecule has 3 aromatic rings. The van der Waals surface area contributed by atoms with Crippen LogP contribution in [0.4, 0.5) is 5.82 Å². The Balaban J connectivity index is 1.44. The van der Waals surface area contributed by atoms with Gasteiger partial charge in [0.1, 0.15) is 23.9 Å². The minimum atomic E-state index is -0.756. The molecule has 0 unspecified atom stereocenters. The number of aromatic nitrogens is 2. The second-order valence-electron chi connectivity index (χ2n) is 7.79. The first-order valence-electron chi connectivity index (χ1n) is 10.5. The Labute approximate surface area is 206 Å². The van der Waals surface area contributed by atoms with Crippen molar-refractivity contribution in [2.75, 3.05) is 39.1 Å². The molecule has 0 aliphatic carbocycles. The highest BCUT2D eigenvalue weighted by atomic mass is 35.5. The predicted octanol–water partition coefficient (Wildman–Crippen LogP) is 2.78. The van der Waals surface area contributed by atoms with E-state index >= 15 is 0 Å². The molecular weight excluding hydrogens is 481 g/mol. The molecule has 0 spiro atoms. The SMILES string of the molecule is COC[C@H]1C(=O)N(Cc2ccc3c(N)ncnc3c2)CCN1C(=O)COc1ccc(Cl)cc1Cl. The van der Waals surface area contributed by atoms with Crippen molar-refractivity contribution >= 4 is 51.7 Å². The summed E-state index contributed by atoms with van der Waals surface area (Å²) in [4.78, 5) is 37.6. The van der Waals surface area contributed by atoms with Gasteiger partial charge in [0.2, 0.25) is 5.91 Å². The number of hydrogen-bond acceptors (Lipinski definition) is 7. The number of halogens is 2. The summed E-state index contributed by atoms with van der Waals surface area (Å²) in [5.74, 6) is 0.211. The number of carbonyl (C=O) groups is 2. The average Bonchev–Trinajstić information content (AvgIpc) is 2.81. The van der Waals surface area contributed by atoms with E-state index in [1.54, 1.807) is 17.0 Å². The highest BCUT2D eigenvalue weighted by molar-refractivity contribution is 6.35. The van der Waals surface area contributed by atoms with Gasteiger partial charge < -0.3 is 25.0 Å². The highest BCUT2D eigenvalue weighted by Crippen LogP contribution is 2.28. The summed E-state index contributed by atoms with van der Waals surface area (Å²) in [6, 6.07) is 9.61. The summed E-state index contributed by atoms with van der Waals surface area (Å²) in [6.07, 6.45) is 1.41. The summed E-state index contributed by atoms with van der Waals surface area (Å²) in [5.41, 5.74) is 7.50. The van der Waals surface area contributed by atoms with Gasteiger partial charge in [-0.15, -0.1) is 0 Å². The van der Waals surface area contributed by atoms with Crippen molar-refractivity contribution in [3.63, 3.8) is 0 Å². The number of benzene rings is 2. The molecule has 2 aromatic carbocycles. The van der Waals surface area contributed by atoms with E-state index in [0.717, 1.165) is 10.9 Å². The number of fused-ring (bicyclic) bond motifs is 1. The van der Waals surface area contributed by atoms with Gasteiger partial charge in [0, 0.05) is 37.2 Å². The number of piperazine rings is 1. The van der Waals surface area contributed by atoms with Crippen LogP contribution in [0.5, 0.6) is 5.75 Å². The smallest absolute Gasteiger partial charge is 0.261 e. The molecule has 1 atom stereocenters.